The molecular weight excluding hydrogens is 230 g/mol. The first-order valence-electron chi connectivity index (χ1n) is 5.69. The summed E-state index contributed by atoms with van der Waals surface area (Å²) < 4.78 is 1.65. The fourth-order valence-electron chi connectivity index (χ4n) is 1.56. The molecule has 0 fully saturated rings. The summed E-state index contributed by atoms with van der Waals surface area (Å²) in [6, 6.07) is 3.32. The number of nitrogens with zero attached hydrogens (tertiary/aromatic N) is 3. The number of rotatable bonds is 5. The maximum Gasteiger partial charge on any atom is 0.173 e. The van der Waals surface area contributed by atoms with E-state index in [4.69, 9.17) is 0 Å². The highest BCUT2D eigenvalue weighted by Crippen LogP contribution is 2.07. The highest BCUT2D eigenvalue weighted by molar-refractivity contribution is 6.13. The van der Waals surface area contributed by atoms with E-state index in [1.165, 1.54) is 12.4 Å². The molecule has 2 heterocycles. The standard InChI is InChI=1S/C13H13N3O2/c1-2-16-9-11(8-15-16)13(18)6-12(17)10-4-3-5-14-7-10/h3-5,7-9H,2,6H2,1H3. The second kappa shape index (κ2) is 5.35. The number of pyridine rings is 1. The van der Waals surface area contributed by atoms with Crippen molar-refractivity contribution in [2.45, 2.75) is 19.9 Å². The Morgan fingerprint density at radius 3 is 2.61 bits per heavy atom. The van der Waals surface area contributed by atoms with E-state index in [1.54, 1.807) is 29.2 Å². The second-order valence-electron chi connectivity index (χ2n) is 3.85. The first-order valence-corrected chi connectivity index (χ1v) is 5.69. The third-order valence-electron chi connectivity index (χ3n) is 2.58. The van der Waals surface area contributed by atoms with E-state index in [2.05, 4.69) is 10.1 Å². The number of hydrogen-bond acceptors (Lipinski definition) is 4. The summed E-state index contributed by atoms with van der Waals surface area (Å²) in [6.07, 6.45) is 6.04. The maximum absolute atomic E-state index is 11.9. The van der Waals surface area contributed by atoms with Gasteiger partial charge in [-0.2, -0.15) is 5.10 Å². The molecule has 5 heteroatoms. The fourth-order valence-corrected chi connectivity index (χ4v) is 1.56. The van der Waals surface area contributed by atoms with Crippen molar-refractivity contribution in [3.05, 3.63) is 48.0 Å². The van der Waals surface area contributed by atoms with Crippen molar-refractivity contribution < 1.29 is 9.59 Å². The van der Waals surface area contributed by atoms with E-state index in [0.717, 1.165) is 0 Å². The van der Waals surface area contributed by atoms with Gasteiger partial charge in [0.25, 0.3) is 0 Å². The zero-order valence-electron chi connectivity index (χ0n) is 10.0. The van der Waals surface area contributed by atoms with Crippen LogP contribution < -0.4 is 0 Å². The molecule has 0 aliphatic heterocycles. The van der Waals surface area contributed by atoms with Gasteiger partial charge in [0.1, 0.15) is 0 Å². The van der Waals surface area contributed by atoms with Crippen molar-refractivity contribution in [1.29, 1.82) is 0 Å². The van der Waals surface area contributed by atoms with Gasteiger partial charge in [-0.15, -0.1) is 0 Å². The number of aryl methyl sites for hydroxylation is 1. The Morgan fingerprint density at radius 1 is 1.22 bits per heavy atom. The highest BCUT2D eigenvalue weighted by Gasteiger charge is 2.15. The number of carbonyl (C=O) groups is 2. The molecule has 0 spiro atoms. The van der Waals surface area contributed by atoms with Crippen LogP contribution in [-0.2, 0) is 6.54 Å². The van der Waals surface area contributed by atoms with Crippen LogP contribution in [0.5, 0.6) is 0 Å². The van der Waals surface area contributed by atoms with Gasteiger partial charge in [0.2, 0.25) is 0 Å². The number of aromatic nitrogens is 3. The molecule has 2 aromatic heterocycles. The largest absolute Gasteiger partial charge is 0.294 e. The molecule has 2 aromatic rings. The summed E-state index contributed by atoms with van der Waals surface area (Å²) in [5, 5.41) is 4.01. The molecule has 0 amide bonds. The first kappa shape index (κ1) is 12.2. The Kier molecular flexibility index (Phi) is 3.62. The topological polar surface area (TPSA) is 64.8 Å². The van der Waals surface area contributed by atoms with Crippen LogP contribution in [0, 0.1) is 0 Å². The predicted octanol–water partition coefficient (Wildman–Crippen LogP) is 1.75. The van der Waals surface area contributed by atoms with Crippen LogP contribution in [0.25, 0.3) is 0 Å². The molecule has 0 atom stereocenters. The molecule has 92 valence electrons. The van der Waals surface area contributed by atoms with Gasteiger partial charge in [0, 0.05) is 30.7 Å². The predicted molar refractivity (Wildman–Crippen MR) is 65.4 cm³/mol. The molecule has 0 aliphatic carbocycles. The summed E-state index contributed by atoms with van der Waals surface area (Å²) in [5.41, 5.74) is 0.919. The average molecular weight is 243 g/mol. The Morgan fingerprint density at radius 2 is 2.00 bits per heavy atom. The monoisotopic (exact) mass is 243 g/mol. The van der Waals surface area contributed by atoms with Crippen molar-refractivity contribution >= 4 is 11.6 Å². The van der Waals surface area contributed by atoms with E-state index < -0.39 is 0 Å². The van der Waals surface area contributed by atoms with Crippen LogP contribution in [0.15, 0.2) is 36.9 Å². The van der Waals surface area contributed by atoms with Gasteiger partial charge in [-0.3, -0.25) is 19.3 Å². The lowest BCUT2D eigenvalue weighted by molar-refractivity contribution is 0.0894. The molecule has 0 unspecified atom stereocenters. The Balaban J connectivity index is 2.06. The Bertz CT molecular complexity index is 561. The number of ketones is 2. The zero-order valence-corrected chi connectivity index (χ0v) is 10.0. The van der Waals surface area contributed by atoms with Crippen LogP contribution >= 0.6 is 0 Å². The normalized spacial score (nSPS) is 10.3. The van der Waals surface area contributed by atoms with Crippen molar-refractivity contribution in [2.24, 2.45) is 0 Å². The summed E-state index contributed by atoms with van der Waals surface area (Å²) in [6.45, 7) is 2.63. The summed E-state index contributed by atoms with van der Waals surface area (Å²) >= 11 is 0. The molecule has 0 aromatic carbocycles. The van der Waals surface area contributed by atoms with E-state index in [9.17, 15) is 9.59 Å². The molecule has 0 saturated heterocycles. The second-order valence-corrected chi connectivity index (χ2v) is 3.85. The lowest BCUT2D eigenvalue weighted by atomic mass is 10.1. The number of hydrogen-bond donors (Lipinski definition) is 0. The minimum atomic E-state index is -0.225. The van der Waals surface area contributed by atoms with E-state index >= 15 is 0 Å². The third kappa shape index (κ3) is 2.68. The minimum Gasteiger partial charge on any atom is -0.294 e. The van der Waals surface area contributed by atoms with E-state index in [0.29, 0.717) is 17.7 Å². The number of carbonyl (C=O) groups excluding carboxylic acids is 2. The average Bonchev–Trinajstić information content (AvgIpc) is 2.88. The lowest BCUT2D eigenvalue weighted by Gasteiger charge is -1.98. The first-order chi connectivity index (χ1) is 8.70. The van der Waals surface area contributed by atoms with Gasteiger partial charge in [0.05, 0.1) is 18.2 Å². The lowest BCUT2D eigenvalue weighted by Crippen LogP contribution is -2.08. The van der Waals surface area contributed by atoms with Crippen LogP contribution in [-0.4, -0.2) is 26.3 Å². The molecule has 0 N–H and O–H groups in total. The molecule has 0 saturated carbocycles. The molecule has 0 bridgehead atoms. The van der Waals surface area contributed by atoms with Gasteiger partial charge in [-0.1, -0.05) is 0 Å². The summed E-state index contributed by atoms with van der Waals surface area (Å²) in [5.74, 6) is -0.444. The van der Waals surface area contributed by atoms with Crippen molar-refractivity contribution in [3.63, 3.8) is 0 Å². The van der Waals surface area contributed by atoms with Gasteiger partial charge < -0.3 is 0 Å². The molecule has 5 nitrogen and oxygen atoms in total. The van der Waals surface area contributed by atoms with Gasteiger partial charge in [-0.05, 0) is 19.1 Å². The Hall–Kier alpha value is -2.30. The zero-order chi connectivity index (χ0) is 13.0. The van der Waals surface area contributed by atoms with Gasteiger partial charge in [-0.25, -0.2) is 0 Å². The van der Waals surface area contributed by atoms with Crippen LogP contribution in [0.4, 0.5) is 0 Å². The highest BCUT2D eigenvalue weighted by atomic mass is 16.1. The molecule has 2 rings (SSSR count). The Labute approximate surface area is 104 Å². The minimum absolute atomic E-state index is 0.152. The van der Waals surface area contributed by atoms with E-state index in [-0.39, 0.29) is 18.0 Å². The van der Waals surface area contributed by atoms with Crippen molar-refractivity contribution in [1.82, 2.24) is 14.8 Å². The van der Waals surface area contributed by atoms with Crippen molar-refractivity contribution in [2.75, 3.05) is 0 Å². The third-order valence-corrected chi connectivity index (χ3v) is 2.58. The summed E-state index contributed by atoms with van der Waals surface area (Å²) in [7, 11) is 0. The molecule has 18 heavy (non-hydrogen) atoms. The maximum atomic E-state index is 11.9. The van der Waals surface area contributed by atoms with Crippen LogP contribution in [0.1, 0.15) is 34.1 Å². The van der Waals surface area contributed by atoms with E-state index in [1.807, 2.05) is 6.92 Å². The SMILES string of the molecule is CCn1cc(C(=O)CC(=O)c2cccnc2)cn1. The smallest absolute Gasteiger partial charge is 0.173 e. The van der Waals surface area contributed by atoms with Crippen LogP contribution in [0.3, 0.4) is 0 Å². The van der Waals surface area contributed by atoms with Crippen molar-refractivity contribution in [3.8, 4) is 0 Å². The van der Waals surface area contributed by atoms with Gasteiger partial charge >= 0.3 is 0 Å². The van der Waals surface area contributed by atoms with Crippen LogP contribution in [0.2, 0.25) is 0 Å². The molecule has 0 aliphatic rings. The fraction of sp³-hybridized carbons (Fsp3) is 0.231. The molecular formula is C13H13N3O2. The quantitative estimate of drug-likeness (QED) is 0.592. The number of Topliss-reactive ketones (excluding diaryl/α,β-unsaturated/α-hetero) is 2. The molecule has 0 radical (unpaired) electrons. The summed E-state index contributed by atoms with van der Waals surface area (Å²) in [4.78, 5) is 27.5. The van der Waals surface area contributed by atoms with Gasteiger partial charge in [0.15, 0.2) is 11.6 Å².